The van der Waals surface area contributed by atoms with Crippen LogP contribution in [0, 0.1) is 0 Å². The van der Waals surface area contributed by atoms with E-state index in [4.69, 9.17) is 46.4 Å². The minimum Gasteiger partial charge on any atom is -0.299 e. The molecule has 1 fully saturated rings. The Morgan fingerprint density at radius 2 is 1.60 bits per heavy atom. The van der Waals surface area contributed by atoms with E-state index in [2.05, 4.69) is 5.32 Å². The highest BCUT2D eigenvalue weighted by atomic mass is 35.5. The van der Waals surface area contributed by atoms with Crippen molar-refractivity contribution in [1.82, 2.24) is 5.32 Å². The van der Waals surface area contributed by atoms with Gasteiger partial charge in [0.15, 0.2) is 0 Å². The lowest BCUT2D eigenvalue weighted by Gasteiger charge is -2.31. The molecule has 0 aromatic heterocycles. The molecule has 1 rings (SSSR count). The van der Waals surface area contributed by atoms with Crippen molar-refractivity contribution in [2.75, 3.05) is 6.54 Å². The number of hydrogen-bond donors (Lipinski definition) is 1. The second-order valence-corrected chi connectivity index (χ2v) is 4.25. The lowest BCUT2D eigenvalue weighted by molar-refractivity contribution is 0.504. The first-order valence-electron chi connectivity index (χ1n) is 2.92. The molecule has 0 aromatic rings. The normalized spacial score (nSPS) is 49.2. The average Bonchev–Trinajstić information content (AvgIpc) is 1.93. The molecule has 0 spiro atoms. The van der Waals surface area contributed by atoms with Crippen LogP contribution in [0.5, 0.6) is 0 Å². The van der Waals surface area contributed by atoms with Crippen molar-refractivity contribution in [3.05, 3.63) is 0 Å². The largest absolute Gasteiger partial charge is 0.299 e. The highest BCUT2D eigenvalue weighted by Gasteiger charge is 2.34. The zero-order chi connectivity index (χ0) is 7.72. The van der Waals surface area contributed by atoms with Crippen LogP contribution in [0.4, 0.5) is 0 Å². The highest BCUT2D eigenvalue weighted by molar-refractivity contribution is 6.38. The highest BCUT2D eigenvalue weighted by Crippen LogP contribution is 2.26. The lowest BCUT2D eigenvalue weighted by Crippen LogP contribution is -2.51. The molecular formula is C5H7Cl4N. The molecule has 1 saturated heterocycles. The van der Waals surface area contributed by atoms with Crippen LogP contribution >= 0.6 is 46.4 Å². The van der Waals surface area contributed by atoms with Gasteiger partial charge < -0.3 is 0 Å². The van der Waals surface area contributed by atoms with Gasteiger partial charge in [-0.2, -0.15) is 0 Å². The van der Waals surface area contributed by atoms with E-state index in [-0.39, 0.29) is 21.6 Å². The maximum absolute atomic E-state index is 5.82. The SMILES string of the molecule is ClC1CNC(Cl)C(Cl)C1Cl. The topological polar surface area (TPSA) is 12.0 Å². The second kappa shape index (κ2) is 3.68. The molecule has 0 aliphatic carbocycles. The van der Waals surface area contributed by atoms with E-state index in [1.54, 1.807) is 0 Å². The van der Waals surface area contributed by atoms with Gasteiger partial charge in [-0.05, 0) is 0 Å². The molecular weight excluding hydrogens is 216 g/mol. The summed E-state index contributed by atoms with van der Waals surface area (Å²) in [5.41, 5.74) is -0.265. The molecule has 1 nitrogen and oxygen atoms in total. The third-order valence-electron chi connectivity index (χ3n) is 1.44. The second-order valence-electron chi connectivity index (χ2n) is 2.21. The van der Waals surface area contributed by atoms with Crippen molar-refractivity contribution >= 4 is 46.4 Å². The van der Waals surface area contributed by atoms with Gasteiger partial charge in [-0.3, -0.25) is 5.32 Å². The number of hydrogen-bond acceptors (Lipinski definition) is 1. The maximum Gasteiger partial charge on any atom is 0.101 e. The number of halogens is 4. The molecule has 1 aliphatic heterocycles. The summed E-state index contributed by atoms with van der Waals surface area (Å²) in [6.07, 6.45) is 0. The predicted octanol–water partition coefficient (Wildman–Crippen LogP) is 1.98. The van der Waals surface area contributed by atoms with Crippen molar-refractivity contribution < 1.29 is 0 Å². The monoisotopic (exact) mass is 221 g/mol. The zero-order valence-corrected chi connectivity index (χ0v) is 8.05. The summed E-state index contributed by atoms with van der Waals surface area (Å²) in [5, 5.41) is 2.27. The minimum atomic E-state index is -0.292. The van der Waals surface area contributed by atoms with Gasteiger partial charge in [0.05, 0.1) is 16.1 Å². The van der Waals surface area contributed by atoms with Crippen LogP contribution in [-0.2, 0) is 0 Å². The average molecular weight is 223 g/mol. The van der Waals surface area contributed by atoms with E-state index in [0.29, 0.717) is 6.54 Å². The van der Waals surface area contributed by atoms with Crippen molar-refractivity contribution in [3.63, 3.8) is 0 Å². The smallest absolute Gasteiger partial charge is 0.101 e. The third-order valence-corrected chi connectivity index (χ3v) is 3.77. The van der Waals surface area contributed by atoms with Crippen LogP contribution in [0.15, 0.2) is 0 Å². The molecule has 5 heteroatoms. The lowest BCUT2D eigenvalue weighted by atomic mass is 10.1. The van der Waals surface area contributed by atoms with Gasteiger partial charge in [0.2, 0.25) is 0 Å². The van der Waals surface area contributed by atoms with Gasteiger partial charge in [0.25, 0.3) is 0 Å². The van der Waals surface area contributed by atoms with Gasteiger partial charge >= 0.3 is 0 Å². The van der Waals surface area contributed by atoms with Crippen LogP contribution in [0.25, 0.3) is 0 Å². The molecule has 1 heterocycles. The maximum atomic E-state index is 5.82. The van der Waals surface area contributed by atoms with Crippen molar-refractivity contribution in [2.45, 2.75) is 21.6 Å². The van der Waals surface area contributed by atoms with Crippen molar-refractivity contribution in [1.29, 1.82) is 0 Å². The summed E-state index contributed by atoms with van der Waals surface area (Å²) in [6, 6.07) is 0. The fourth-order valence-electron chi connectivity index (χ4n) is 0.811. The summed E-state index contributed by atoms with van der Waals surface area (Å²) >= 11 is 23.2. The summed E-state index contributed by atoms with van der Waals surface area (Å²) < 4.78 is 0. The van der Waals surface area contributed by atoms with E-state index in [1.807, 2.05) is 0 Å². The van der Waals surface area contributed by atoms with E-state index >= 15 is 0 Å². The number of alkyl halides is 4. The number of rotatable bonds is 0. The third kappa shape index (κ3) is 1.83. The Kier molecular flexibility index (Phi) is 3.39. The molecule has 0 amide bonds. The van der Waals surface area contributed by atoms with Crippen LogP contribution in [0.2, 0.25) is 0 Å². The van der Waals surface area contributed by atoms with Gasteiger partial charge in [0.1, 0.15) is 5.50 Å². The van der Waals surface area contributed by atoms with Crippen LogP contribution in [0.1, 0.15) is 0 Å². The van der Waals surface area contributed by atoms with E-state index in [1.165, 1.54) is 0 Å². The summed E-state index contributed by atoms with van der Waals surface area (Å²) in [4.78, 5) is 0. The molecule has 4 unspecified atom stereocenters. The van der Waals surface area contributed by atoms with Gasteiger partial charge in [-0.1, -0.05) is 0 Å². The molecule has 0 radical (unpaired) electrons. The van der Waals surface area contributed by atoms with Crippen LogP contribution < -0.4 is 5.32 Å². The Hall–Kier alpha value is 1.12. The first-order chi connectivity index (χ1) is 4.63. The van der Waals surface area contributed by atoms with Crippen molar-refractivity contribution in [3.8, 4) is 0 Å². The quantitative estimate of drug-likeness (QED) is 0.489. The van der Waals surface area contributed by atoms with Gasteiger partial charge in [-0.15, -0.1) is 46.4 Å². The summed E-state index contributed by atoms with van der Waals surface area (Å²) in [5.74, 6) is 0. The zero-order valence-electron chi connectivity index (χ0n) is 5.03. The predicted molar refractivity (Wildman–Crippen MR) is 46.6 cm³/mol. The number of nitrogens with one attached hydrogen (secondary N) is 1. The van der Waals surface area contributed by atoms with Crippen LogP contribution in [0.3, 0.4) is 0 Å². The molecule has 0 saturated carbocycles. The molecule has 60 valence electrons. The summed E-state index contributed by atoms with van der Waals surface area (Å²) in [6.45, 7) is 0.618. The van der Waals surface area contributed by atoms with Crippen LogP contribution in [-0.4, -0.2) is 28.2 Å². The molecule has 10 heavy (non-hydrogen) atoms. The Labute approximate surface area is 80.0 Å². The fraction of sp³-hybridized carbons (Fsp3) is 1.00. The Morgan fingerprint density at radius 3 is 2.10 bits per heavy atom. The van der Waals surface area contributed by atoms with E-state index in [0.717, 1.165) is 0 Å². The van der Waals surface area contributed by atoms with E-state index < -0.39 is 0 Å². The molecule has 0 aromatic carbocycles. The Bertz CT molecular complexity index is 106. The first kappa shape index (κ1) is 9.21. The molecule has 4 atom stereocenters. The van der Waals surface area contributed by atoms with Gasteiger partial charge in [0, 0.05) is 6.54 Å². The molecule has 1 N–H and O–H groups in total. The van der Waals surface area contributed by atoms with Gasteiger partial charge in [-0.25, -0.2) is 0 Å². The Morgan fingerprint density at radius 1 is 1.00 bits per heavy atom. The molecule has 0 bridgehead atoms. The van der Waals surface area contributed by atoms with Crippen molar-refractivity contribution in [2.24, 2.45) is 0 Å². The minimum absolute atomic E-state index is 0.126. The molecule has 1 aliphatic rings. The Balaban J connectivity index is 2.52. The van der Waals surface area contributed by atoms with E-state index in [9.17, 15) is 0 Å². The standard InChI is InChI=1S/C5H7Cl4N/c6-2-1-10-5(9)4(8)3(2)7/h2-5,10H,1H2. The summed E-state index contributed by atoms with van der Waals surface area (Å²) in [7, 11) is 0. The number of piperidine rings is 1. The fourth-order valence-corrected chi connectivity index (χ4v) is 1.95. The first-order valence-corrected chi connectivity index (χ1v) is 4.67.